The molecule has 2 bridgehead atoms. The van der Waals surface area contributed by atoms with Gasteiger partial charge in [0.15, 0.2) is 11.5 Å². The van der Waals surface area contributed by atoms with Crippen molar-refractivity contribution < 1.29 is 14.3 Å². The Hall–Kier alpha value is -1.71. The number of benzene rings is 1. The van der Waals surface area contributed by atoms with Gasteiger partial charge < -0.3 is 14.8 Å². The quantitative estimate of drug-likeness (QED) is 0.910. The van der Waals surface area contributed by atoms with Crippen LogP contribution in [0.1, 0.15) is 42.5 Å². The average Bonchev–Trinajstić information content (AvgIpc) is 2.55. The minimum absolute atomic E-state index is 0.0181. The van der Waals surface area contributed by atoms with E-state index in [0.29, 0.717) is 36.5 Å². The van der Waals surface area contributed by atoms with E-state index in [2.05, 4.69) is 5.32 Å². The van der Waals surface area contributed by atoms with Gasteiger partial charge in [0.1, 0.15) is 13.2 Å². The summed E-state index contributed by atoms with van der Waals surface area (Å²) < 4.78 is 11.0. The molecule has 1 amide bonds. The number of ether oxygens (including phenoxy) is 2. The van der Waals surface area contributed by atoms with Crippen LogP contribution in [-0.4, -0.2) is 25.2 Å². The van der Waals surface area contributed by atoms with Gasteiger partial charge >= 0.3 is 0 Å². The second-order valence-electron chi connectivity index (χ2n) is 6.45. The molecule has 0 saturated heterocycles. The first-order valence-corrected chi connectivity index (χ1v) is 8.00. The van der Waals surface area contributed by atoms with Gasteiger partial charge in [-0.05, 0) is 49.3 Å². The molecule has 1 aromatic rings. The van der Waals surface area contributed by atoms with Crippen LogP contribution >= 0.6 is 0 Å². The van der Waals surface area contributed by atoms with E-state index in [1.807, 2.05) is 12.1 Å². The zero-order valence-corrected chi connectivity index (χ0v) is 12.1. The Morgan fingerprint density at radius 1 is 1.05 bits per heavy atom. The molecule has 1 atom stereocenters. The van der Waals surface area contributed by atoms with Gasteiger partial charge in [-0.25, -0.2) is 0 Å². The van der Waals surface area contributed by atoms with E-state index in [9.17, 15) is 4.79 Å². The summed E-state index contributed by atoms with van der Waals surface area (Å²) in [6.45, 7) is 1.12. The molecule has 4 heteroatoms. The van der Waals surface area contributed by atoms with Gasteiger partial charge in [-0.2, -0.15) is 0 Å². The fraction of sp³-hybridized carbons (Fsp3) is 0.588. The van der Waals surface area contributed by atoms with Crippen molar-refractivity contribution in [2.24, 2.45) is 11.8 Å². The van der Waals surface area contributed by atoms with Crippen LogP contribution in [0.15, 0.2) is 18.2 Å². The van der Waals surface area contributed by atoms with E-state index in [0.717, 1.165) is 18.1 Å². The summed E-state index contributed by atoms with van der Waals surface area (Å²) in [6, 6.07) is 5.81. The van der Waals surface area contributed by atoms with Crippen molar-refractivity contribution in [2.45, 2.75) is 38.1 Å². The SMILES string of the molecule is O=C(N[C@H]1CC2CCC1CC2)c1ccc2c(c1)OCCO2. The summed E-state index contributed by atoms with van der Waals surface area (Å²) in [7, 11) is 0. The van der Waals surface area contributed by atoms with Crippen molar-refractivity contribution in [3.63, 3.8) is 0 Å². The predicted molar refractivity (Wildman–Crippen MR) is 78.8 cm³/mol. The summed E-state index contributed by atoms with van der Waals surface area (Å²) in [6.07, 6.45) is 6.40. The van der Waals surface area contributed by atoms with Gasteiger partial charge in [-0.15, -0.1) is 0 Å². The number of hydrogen-bond acceptors (Lipinski definition) is 3. The molecule has 4 aliphatic rings. The van der Waals surface area contributed by atoms with Gasteiger partial charge in [0.05, 0.1) is 0 Å². The molecule has 0 unspecified atom stereocenters. The fourth-order valence-electron chi connectivity index (χ4n) is 3.99. The van der Waals surface area contributed by atoms with Crippen molar-refractivity contribution in [2.75, 3.05) is 13.2 Å². The van der Waals surface area contributed by atoms with Gasteiger partial charge in [0.25, 0.3) is 5.91 Å². The molecule has 1 N–H and O–H groups in total. The van der Waals surface area contributed by atoms with Crippen LogP contribution in [0.3, 0.4) is 0 Å². The van der Waals surface area contributed by atoms with Crippen molar-refractivity contribution >= 4 is 5.91 Å². The first kappa shape index (κ1) is 13.0. The lowest BCUT2D eigenvalue weighted by molar-refractivity contribution is 0.0809. The number of carbonyl (C=O) groups excluding carboxylic acids is 1. The number of fused-ring (bicyclic) bond motifs is 4. The summed E-state index contributed by atoms with van der Waals surface area (Å²) >= 11 is 0. The summed E-state index contributed by atoms with van der Waals surface area (Å²) in [5, 5.41) is 3.24. The van der Waals surface area contributed by atoms with E-state index < -0.39 is 0 Å². The number of carbonyl (C=O) groups is 1. The predicted octanol–water partition coefficient (Wildman–Crippen LogP) is 2.77. The maximum absolute atomic E-state index is 12.5. The van der Waals surface area contributed by atoms with Gasteiger partial charge in [0, 0.05) is 11.6 Å². The van der Waals surface area contributed by atoms with E-state index in [1.165, 1.54) is 25.7 Å². The molecule has 112 valence electrons. The maximum Gasteiger partial charge on any atom is 0.251 e. The first-order chi connectivity index (χ1) is 10.3. The van der Waals surface area contributed by atoms with E-state index in [-0.39, 0.29) is 5.91 Å². The number of hydrogen-bond donors (Lipinski definition) is 1. The van der Waals surface area contributed by atoms with Crippen molar-refractivity contribution in [3.8, 4) is 11.5 Å². The highest BCUT2D eigenvalue weighted by molar-refractivity contribution is 5.95. The number of nitrogens with one attached hydrogen (secondary N) is 1. The molecular weight excluding hydrogens is 266 g/mol. The van der Waals surface area contributed by atoms with E-state index in [4.69, 9.17) is 9.47 Å². The number of rotatable bonds is 2. The monoisotopic (exact) mass is 287 g/mol. The lowest BCUT2D eigenvalue weighted by atomic mass is 9.68. The van der Waals surface area contributed by atoms with Gasteiger partial charge in [-0.1, -0.05) is 12.8 Å². The van der Waals surface area contributed by atoms with Crippen LogP contribution in [0.4, 0.5) is 0 Å². The summed E-state index contributed by atoms with van der Waals surface area (Å²) in [5.41, 5.74) is 0.667. The third-order valence-electron chi connectivity index (χ3n) is 5.17. The molecule has 21 heavy (non-hydrogen) atoms. The molecule has 0 aromatic heterocycles. The largest absolute Gasteiger partial charge is 0.486 e. The molecule has 3 aliphatic carbocycles. The molecule has 0 radical (unpaired) electrons. The Morgan fingerprint density at radius 3 is 2.52 bits per heavy atom. The molecule has 1 heterocycles. The van der Waals surface area contributed by atoms with Crippen LogP contribution in [0.5, 0.6) is 11.5 Å². The highest BCUT2D eigenvalue weighted by atomic mass is 16.6. The molecule has 5 rings (SSSR count). The van der Waals surface area contributed by atoms with Crippen molar-refractivity contribution in [1.29, 1.82) is 0 Å². The van der Waals surface area contributed by atoms with Crippen LogP contribution in [0.2, 0.25) is 0 Å². The van der Waals surface area contributed by atoms with Crippen molar-refractivity contribution in [1.82, 2.24) is 5.32 Å². The second-order valence-corrected chi connectivity index (χ2v) is 6.45. The summed E-state index contributed by atoms with van der Waals surface area (Å²) in [4.78, 5) is 12.5. The zero-order valence-electron chi connectivity index (χ0n) is 12.1. The molecule has 1 aromatic carbocycles. The van der Waals surface area contributed by atoms with Crippen LogP contribution in [0.25, 0.3) is 0 Å². The molecule has 1 aliphatic heterocycles. The van der Waals surface area contributed by atoms with E-state index in [1.54, 1.807) is 6.07 Å². The fourth-order valence-corrected chi connectivity index (χ4v) is 3.99. The Kier molecular flexibility index (Phi) is 3.24. The Labute approximate surface area is 124 Å². The Bertz CT molecular complexity index is 549. The normalized spacial score (nSPS) is 30.0. The summed E-state index contributed by atoms with van der Waals surface area (Å²) in [5.74, 6) is 2.93. The van der Waals surface area contributed by atoms with Crippen LogP contribution < -0.4 is 14.8 Å². The zero-order chi connectivity index (χ0) is 14.2. The Balaban J connectivity index is 1.47. The average molecular weight is 287 g/mol. The molecule has 4 nitrogen and oxygen atoms in total. The topological polar surface area (TPSA) is 47.6 Å². The maximum atomic E-state index is 12.5. The standard InChI is InChI=1S/C17H21NO3/c19-17(18-14-9-11-1-3-12(14)4-2-11)13-5-6-15-16(10-13)21-8-7-20-15/h5-6,10-12,14H,1-4,7-9H2,(H,18,19)/t11?,12?,14-/m0/s1. The first-order valence-electron chi connectivity index (χ1n) is 8.00. The molecular formula is C17H21NO3. The smallest absolute Gasteiger partial charge is 0.251 e. The van der Waals surface area contributed by atoms with Gasteiger partial charge in [-0.3, -0.25) is 4.79 Å². The van der Waals surface area contributed by atoms with Crippen LogP contribution in [-0.2, 0) is 0 Å². The lowest BCUT2D eigenvalue weighted by Gasteiger charge is -2.42. The van der Waals surface area contributed by atoms with Gasteiger partial charge in [0.2, 0.25) is 0 Å². The minimum Gasteiger partial charge on any atom is -0.486 e. The molecule has 0 spiro atoms. The third kappa shape index (κ3) is 2.47. The lowest BCUT2D eigenvalue weighted by Crippen LogP contribution is -2.47. The number of amides is 1. The molecule has 3 fully saturated rings. The second kappa shape index (κ2) is 5.24. The van der Waals surface area contributed by atoms with Crippen LogP contribution in [0, 0.1) is 11.8 Å². The Morgan fingerprint density at radius 2 is 1.81 bits per heavy atom. The van der Waals surface area contributed by atoms with E-state index >= 15 is 0 Å². The highest BCUT2D eigenvalue weighted by Crippen LogP contribution is 2.41. The minimum atomic E-state index is 0.0181. The third-order valence-corrected chi connectivity index (χ3v) is 5.17. The van der Waals surface area contributed by atoms with Crippen molar-refractivity contribution in [3.05, 3.63) is 23.8 Å². The molecule has 3 saturated carbocycles. The highest BCUT2D eigenvalue weighted by Gasteiger charge is 2.36.